The van der Waals surface area contributed by atoms with Gasteiger partial charge in [-0.1, -0.05) is 12.1 Å². The summed E-state index contributed by atoms with van der Waals surface area (Å²) in [5.41, 5.74) is 12.9. The van der Waals surface area contributed by atoms with Crippen LogP contribution in [0.5, 0.6) is 0 Å². The van der Waals surface area contributed by atoms with Crippen molar-refractivity contribution in [1.29, 1.82) is 5.26 Å². The van der Waals surface area contributed by atoms with Gasteiger partial charge in [-0.05, 0) is 43.9 Å². The standard InChI is InChI=1S/C22H28N6O3/c1-13(14-4-6-15(7-5-14)20(25)29)28-17-9-19(22(28)31)26(11-17)12-18(24)21(30)27-8-2-3-16(27)10-23/h4-7,13,16-19H,2-3,8-9,11-12,24H2,1H3,(H2,25,29)/t13?,16?,17-,18?,19-/m0/s1. The predicted octanol–water partition coefficient (Wildman–Crippen LogP) is -0.0265. The number of amides is 3. The van der Waals surface area contributed by atoms with E-state index in [4.69, 9.17) is 11.5 Å². The van der Waals surface area contributed by atoms with Gasteiger partial charge in [-0.15, -0.1) is 0 Å². The van der Waals surface area contributed by atoms with Crippen LogP contribution in [-0.4, -0.2) is 76.2 Å². The minimum absolute atomic E-state index is 0.0402. The molecule has 3 heterocycles. The molecular formula is C22H28N6O3. The normalized spacial score (nSPS) is 27.4. The molecule has 0 spiro atoms. The van der Waals surface area contributed by atoms with E-state index in [-0.39, 0.29) is 29.9 Å². The monoisotopic (exact) mass is 424 g/mol. The lowest BCUT2D eigenvalue weighted by atomic mass is 10.0. The maximum atomic E-state index is 13.1. The van der Waals surface area contributed by atoms with Crippen LogP contribution in [0.15, 0.2) is 24.3 Å². The van der Waals surface area contributed by atoms with Crippen molar-refractivity contribution >= 4 is 17.7 Å². The molecule has 31 heavy (non-hydrogen) atoms. The Morgan fingerprint density at radius 2 is 2.00 bits per heavy atom. The number of nitrogens with two attached hydrogens (primary N) is 2. The smallest absolute Gasteiger partial charge is 0.248 e. The predicted molar refractivity (Wildman–Crippen MR) is 112 cm³/mol. The molecule has 164 valence electrons. The van der Waals surface area contributed by atoms with Crippen LogP contribution in [0.2, 0.25) is 0 Å². The zero-order valence-electron chi connectivity index (χ0n) is 17.6. The van der Waals surface area contributed by atoms with Crippen LogP contribution in [0.25, 0.3) is 0 Å². The quantitative estimate of drug-likeness (QED) is 0.658. The Morgan fingerprint density at radius 1 is 1.29 bits per heavy atom. The van der Waals surface area contributed by atoms with Crippen molar-refractivity contribution in [2.75, 3.05) is 19.6 Å². The highest BCUT2D eigenvalue weighted by molar-refractivity contribution is 5.92. The molecule has 0 saturated carbocycles. The van der Waals surface area contributed by atoms with E-state index in [1.54, 1.807) is 17.0 Å². The van der Waals surface area contributed by atoms with E-state index >= 15 is 0 Å². The van der Waals surface area contributed by atoms with Gasteiger partial charge in [-0.3, -0.25) is 19.3 Å². The molecule has 4 N–H and O–H groups in total. The summed E-state index contributed by atoms with van der Waals surface area (Å²) in [6, 6.07) is 7.71. The van der Waals surface area contributed by atoms with Gasteiger partial charge < -0.3 is 21.3 Å². The lowest BCUT2D eigenvalue weighted by molar-refractivity contribution is -0.140. The van der Waals surface area contributed by atoms with Gasteiger partial charge in [0, 0.05) is 31.2 Å². The first-order chi connectivity index (χ1) is 14.8. The zero-order chi connectivity index (χ0) is 22.3. The number of carbonyl (C=O) groups is 3. The lowest BCUT2D eigenvalue weighted by Crippen LogP contribution is -2.56. The van der Waals surface area contributed by atoms with Crippen molar-refractivity contribution in [1.82, 2.24) is 14.7 Å². The van der Waals surface area contributed by atoms with E-state index in [0.717, 1.165) is 12.0 Å². The molecule has 4 rings (SSSR count). The summed E-state index contributed by atoms with van der Waals surface area (Å²) in [6.45, 7) is 3.53. The average Bonchev–Trinajstić information content (AvgIpc) is 3.47. The summed E-state index contributed by atoms with van der Waals surface area (Å²) < 4.78 is 0. The van der Waals surface area contributed by atoms with Gasteiger partial charge in [0.2, 0.25) is 17.7 Å². The van der Waals surface area contributed by atoms with Crippen LogP contribution in [0.4, 0.5) is 0 Å². The molecule has 3 saturated heterocycles. The fourth-order valence-electron chi connectivity index (χ4n) is 5.19. The van der Waals surface area contributed by atoms with Crippen molar-refractivity contribution in [3.63, 3.8) is 0 Å². The molecule has 3 aliphatic heterocycles. The molecule has 3 fully saturated rings. The first-order valence-electron chi connectivity index (χ1n) is 10.7. The Labute approximate surface area is 181 Å². The highest BCUT2D eigenvalue weighted by Gasteiger charge is 2.51. The SMILES string of the molecule is CC(c1ccc(C(N)=O)cc1)N1C(=O)[C@@H]2C[C@H]1CN2CC(N)C(=O)N1CCCC1C#N. The first kappa shape index (κ1) is 21.3. The Bertz CT molecular complexity index is 926. The van der Waals surface area contributed by atoms with Crippen LogP contribution >= 0.6 is 0 Å². The number of hydrogen-bond acceptors (Lipinski definition) is 6. The highest BCUT2D eigenvalue weighted by Crippen LogP contribution is 2.38. The molecule has 1 aromatic rings. The van der Waals surface area contributed by atoms with Gasteiger partial charge >= 0.3 is 0 Å². The molecule has 2 bridgehead atoms. The lowest BCUT2D eigenvalue weighted by Gasteiger charge is -2.38. The van der Waals surface area contributed by atoms with Crippen molar-refractivity contribution in [2.45, 2.75) is 56.4 Å². The van der Waals surface area contributed by atoms with E-state index in [0.29, 0.717) is 38.0 Å². The minimum atomic E-state index is -0.742. The van der Waals surface area contributed by atoms with Crippen LogP contribution in [0, 0.1) is 11.3 Å². The first-order valence-corrected chi connectivity index (χ1v) is 10.7. The highest BCUT2D eigenvalue weighted by atomic mass is 16.2. The number of benzene rings is 1. The van der Waals surface area contributed by atoms with Crippen LogP contribution in [0.1, 0.15) is 48.1 Å². The third kappa shape index (κ3) is 3.77. The van der Waals surface area contributed by atoms with Gasteiger partial charge in [0.1, 0.15) is 6.04 Å². The summed E-state index contributed by atoms with van der Waals surface area (Å²) >= 11 is 0. The third-order valence-electron chi connectivity index (χ3n) is 6.84. The van der Waals surface area contributed by atoms with Crippen molar-refractivity contribution in [2.24, 2.45) is 11.5 Å². The number of piperazine rings is 1. The van der Waals surface area contributed by atoms with Crippen LogP contribution in [-0.2, 0) is 9.59 Å². The van der Waals surface area contributed by atoms with E-state index in [1.807, 2.05) is 28.9 Å². The van der Waals surface area contributed by atoms with Crippen LogP contribution < -0.4 is 11.5 Å². The Balaban J connectivity index is 1.39. The Hall–Kier alpha value is -2.96. The summed E-state index contributed by atoms with van der Waals surface area (Å²) in [7, 11) is 0. The molecule has 1 aromatic carbocycles. The molecular weight excluding hydrogens is 396 g/mol. The molecule has 0 aromatic heterocycles. The van der Waals surface area contributed by atoms with Crippen molar-refractivity contribution in [3.8, 4) is 6.07 Å². The number of rotatable bonds is 6. The number of hydrogen-bond donors (Lipinski definition) is 2. The van der Waals surface area contributed by atoms with Gasteiger partial charge in [0.15, 0.2) is 0 Å². The van der Waals surface area contributed by atoms with Gasteiger partial charge in [0.25, 0.3) is 0 Å². The van der Waals surface area contributed by atoms with Gasteiger partial charge in [0.05, 0.1) is 24.2 Å². The molecule has 3 amide bonds. The molecule has 3 unspecified atom stereocenters. The number of nitriles is 1. The maximum absolute atomic E-state index is 13.1. The van der Waals surface area contributed by atoms with E-state index in [1.165, 1.54) is 0 Å². The molecule has 9 heteroatoms. The minimum Gasteiger partial charge on any atom is -0.366 e. The molecule has 5 atom stereocenters. The fourth-order valence-corrected chi connectivity index (χ4v) is 5.19. The fraction of sp³-hybridized carbons (Fsp3) is 0.545. The second-order valence-electron chi connectivity index (χ2n) is 8.69. The number of primary amides is 1. The summed E-state index contributed by atoms with van der Waals surface area (Å²) in [4.78, 5) is 42.6. The van der Waals surface area contributed by atoms with E-state index < -0.39 is 18.0 Å². The van der Waals surface area contributed by atoms with Crippen molar-refractivity contribution in [3.05, 3.63) is 35.4 Å². The van der Waals surface area contributed by atoms with E-state index in [9.17, 15) is 19.6 Å². The number of likely N-dealkylation sites (tertiary alicyclic amines) is 3. The van der Waals surface area contributed by atoms with Crippen molar-refractivity contribution < 1.29 is 14.4 Å². The van der Waals surface area contributed by atoms with Gasteiger partial charge in [-0.2, -0.15) is 5.26 Å². The number of carbonyl (C=O) groups excluding carboxylic acids is 3. The Morgan fingerprint density at radius 3 is 2.61 bits per heavy atom. The molecule has 0 radical (unpaired) electrons. The van der Waals surface area contributed by atoms with Crippen LogP contribution in [0.3, 0.4) is 0 Å². The van der Waals surface area contributed by atoms with E-state index in [2.05, 4.69) is 6.07 Å². The molecule has 3 aliphatic rings. The maximum Gasteiger partial charge on any atom is 0.248 e. The largest absolute Gasteiger partial charge is 0.366 e. The zero-order valence-corrected chi connectivity index (χ0v) is 17.6. The number of nitrogens with zero attached hydrogens (tertiary/aromatic N) is 4. The average molecular weight is 425 g/mol. The Kier molecular flexibility index (Phi) is 5.69. The summed E-state index contributed by atoms with van der Waals surface area (Å²) in [6.07, 6.45) is 2.22. The summed E-state index contributed by atoms with van der Waals surface area (Å²) in [5, 5.41) is 9.22. The molecule has 9 nitrogen and oxygen atoms in total. The third-order valence-corrected chi connectivity index (χ3v) is 6.84. The number of fused-ring (bicyclic) bond motifs is 2. The topological polar surface area (TPSA) is 137 Å². The second-order valence-corrected chi connectivity index (χ2v) is 8.69. The summed E-state index contributed by atoms with van der Waals surface area (Å²) in [5.74, 6) is -0.649. The van der Waals surface area contributed by atoms with Gasteiger partial charge in [-0.25, -0.2) is 0 Å². The molecule has 0 aliphatic carbocycles. The second kappa shape index (κ2) is 8.29.